The molecule has 2 unspecified atom stereocenters. The zero-order chi connectivity index (χ0) is 31.0. The second-order valence-electron chi connectivity index (χ2n) is 12.2. The van der Waals surface area contributed by atoms with Gasteiger partial charge in [-0.15, -0.1) is 0 Å². The van der Waals surface area contributed by atoms with Crippen molar-refractivity contribution < 1.29 is 27.9 Å². The number of Topliss-reactive ketones (excluding diaryl/α,β-unsaturated/α-hetero) is 1. The fraction of sp³-hybridized carbons (Fsp3) is 0.375. The number of carboxylic acid groups (broad SMARTS) is 1. The highest BCUT2D eigenvalue weighted by Crippen LogP contribution is 2.64. The second-order valence-corrected chi connectivity index (χ2v) is 13.9. The smallest absolute Gasteiger partial charge is 0.324 e. The topological polar surface area (TPSA) is 155 Å². The molecule has 2 bridgehead atoms. The molecule has 10 nitrogen and oxygen atoms in total. The van der Waals surface area contributed by atoms with Crippen molar-refractivity contribution in [2.24, 2.45) is 16.7 Å². The van der Waals surface area contributed by atoms with E-state index in [4.69, 9.17) is 0 Å². The fourth-order valence-corrected chi connectivity index (χ4v) is 8.63. The summed E-state index contributed by atoms with van der Waals surface area (Å²) in [4.78, 5) is 41.6. The average molecular weight is 605 g/mol. The highest BCUT2D eigenvalue weighted by atomic mass is 32.2. The van der Waals surface area contributed by atoms with E-state index in [1.807, 2.05) is 57.2 Å². The summed E-state index contributed by atoms with van der Waals surface area (Å²) in [7, 11) is -4.06. The normalized spacial score (nSPS) is 21.4. The molecule has 4 N–H and O–H groups in total. The number of sulfonamides is 1. The number of fused-ring (bicyclic) bond motifs is 2. The molecular weight excluding hydrogens is 568 g/mol. The molecule has 2 aliphatic carbocycles. The number of aliphatic carboxylic acids is 1. The van der Waals surface area contributed by atoms with Crippen molar-refractivity contribution in [3.05, 3.63) is 78.0 Å². The van der Waals surface area contributed by atoms with E-state index in [1.54, 1.807) is 30.5 Å². The Balaban J connectivity index is 1.24. The monoisotopic (exact) mass is 604 g/mol. The predicted molar refractivity (Wildman–Crippen MR) is 164 cm³/mol. The van der Waals surface area contributed by atoms with Gasteiger partial charge in [-0.2, -0.15) is 0 Å². The number of benzene rings is 2. The average Bonchev–Trinajstić information content (AvgIpc) is 3.28. The van der Waals surface area contributed by atoms with Gasteiger partial charge in [0.2, 0.25) is 10.0 Å². The minimum absolute atomic E-state index is 0.0372. The molecule has 2 fully saturated rings. The number of aryl methyl sites for hydroxylation is 1. The summed E-state index contributed by atoms with van der Waals surface area (Å²) >= 11 is 0. The van der Waals surface area contributed by atoms with Crippen LogP contribution < -0.4 is 15.4 Å². The van der Waals surface area contributed by atoms with Gasteiger partial charge < -0.3 is 10.4 Å². The molecule has 0 saturated heterocycles. The van der Waals surface area contributed by atoms with Crippen molar-refractivity contribution in [2.45, 2.75) is 52.5 Å². The van der Waals surface area contributed by atoms with Crippen molar-refractivity contribution >= 4 is 39.3 Å². The van der Waals surface area contributed by atoms with Gasteiger partial charge >= 0.3 is 12.0 Å². The summed E-state index contributed by atoms with van der Waals surface area (Å²) in [5.74, 6) is -1.09. The molecule has 43 heavy (non-hydrogen) atoms. The molecule has 3 atom stereocenters. The maximum Gasteiger partial charge on any atom is 0.324 e. The van der Waals surface area contributed by atoms with E-state index in [-0.39, 0.29) is 18.1 Å². The Morgan fingerprint density at radius 3 is 2.42 bits per heavy atom. The third kappa shape index (κ3) is 6.18. The number of carboxylic acids is 1. The van der Waals surface area contributed by atoms with Crippen molar-refractivity contribution in [3.8, 4) is 11.1 Å². The molecular formula is C32H36N4O6S. The summed E-state index contributed by atoms with van der Waals surface area (Å²) < 4.78 is 28.8. The minimum Gasteiger partial charge on any atom is -0.480 e. The largest absolute Gasteiger partial charge is 0.480 e. The van der Waals surface area contributed by atoms with Crippen LogP contribution in [-0.4, -0.2) is 48.1 Å². The number of nitrogens with one attached hydrogen (secondary N) is 3. The number of pyridine rings is 1. The quantitative estimate of drug-likeness (QED) is 0.254. The highest BCUT2D eigenvalue weighted by molar-refractivity contribution is 7.89. The van der Waals surface area contributed by atoms with Gasteiger partial charge in [0.25, 0.3) is 0 Å². The maximum atomic E-state index is 13.2. The van der Waals surface area contributed by atoms with E-state index in [0.29, 0.717) is 29.9 Å². The van der Waals surface area contributed by atoms with E-state index in [0.717, 1.165) is 23.1 Å². The molecule has 0 spiro atoms. The third-order valence-corrected chi connectivity index (χ3v) is 10.8. The van der Waals surface area contributed by atoms with E-state index in [2.05, 4.69) is 20.3 Å². The van der Waals surface area contributed by atoms with E-state index in [1.165, 1.54) is 0 Å². The first-order valence-corrected chi connectivity index (χ1v) is 15.9. The summed E-state index contributed by atoms with van der Waals surface area (Å²) in [6.45, 7) is 5.75. The fourth-order valence-electron chi connectivity index (χ4n) is 6.60. The summed E-state index contributed by atoms with van der Waals surface area (Å²) in [5.41, 5.74) is 2.28. The van der Waals surface area contributed by atoms with Gasteiger partial charge in [-0.1, -0.05) is 56.3 Å². The Hall–Kier alpha value is -4.09. The molecule has 0 aliphatic heterocycles. The number of aromatic nitrogens is 1. The standard InChI is InChI=1S/C32H36N4O6S/c1-20-6-5-15-33-28(20)35-30(40)34-25-8-4-7-23(17-25)22-11-9-21(10-12-22)16-26(29(38)39)36-43(41,42)19-32-14-13-24(18-27(32)37)31(32,2)3/h4-12,15,17,24,26,36H,13-14,16,18-19H2,1-3H3,(H,38,39)(H2,33,34,35,40)/t24?,26-,32?/m0/s1. The summed E-state index contributed by atoms with van der Waals surface area (Å²) in [6.07, 6.45) is 3.24. The lowest BCUT2D eigenvalue weighted by Crippen LogP contribution is -2.49. The van der Waals surface area contributed by atoms with Crippen LogP contribution >= 0.6 is 0 Å². The number of amides is 2. The SMILES string of the molecule is Cc1cccnc1NC(=O)Nc1cccc(-c2ccc(C[C@H](NS(=O)(=O)CC34CCC(CC3=O)C4(C)C)C(=O)O)cc2)c1. The van der Waals surface area contributed by atoms with Crippen LogP contribution in [0.15, 0.2) is 66.9 Å². The lowest BCUT2D eigenvalue weighted by atomic mass is 9.70. The van der Waals surface area contributed by atoms with Crippen LogP contribution in [-0.2, 0) is 26.0 Å². The number of hydrogen-bond donors (Lipinski definition) is 4. The van der Waals surface area contributed by atoms with Crippen molar-refractivity contribution in [1.82, 2.24) is 9.71 Å². The van der Waals surface area contributed by atoms with Gasteiger partial charge in [0, 0.05) is 23.7 Å². The number of anilines is 2. The van der Waals surface area contributed by atoms with Gasteiger partial charge in [-0.05, 0) is 78.0 Å². The number of hydrogen-bond acceptors (Lipinski definition) is 6. The van der Waals surface area contributed by atoms with E-state index in [9.17, 15) is 27.9 Å². The lowest BCUT2D eigenvalue weighted by molar-refractivity contribution is -0.138. The number of rotatable bonds is 10. The van der Waals surface area contributed by atoms with Crippen LogP contribution in [0.4, 0.5) is 16.3 Å². The molecule has 11 heteroatoms. The first-order chi connectivity index (χ1) is 20.3. The summed E-state index contributed by atoms with van der Waals surface area (Å²) in [6, 6.07) is 16.2. The third-order valence-electron chi connectivity index (χ3n) is 9.28. The molecule has 3 aromatic rings. The molecule has 2 aliphatic rings. The van der Waals surface area contributed by atoms with E-state index >= 15 is 0 Å². The Morgan fingerprint density at radius 2 is 1.79 bits per heavy atom. The van der Waals surface area contributed by atoms with Crippen molar-refractivity contribution in [3.63, 3.8) is 0 Å². The lowest BCUT2D eigenvalue weighted by Gasteiger charge is -2.36. The zero-order valence-electron chi connectivity index (χ0n) is 24.4. The molecule has 2 amide bonds. The molecule has 0 radical (unpaired) electrons. The van der Waals surface area contributed by atoms with Crippen LogP contribution in [0.25, 0.3) is 11.1 Å². The molecule has 2 aromatic carbocycles. The summed E-state index contributed by atoms with van der Waals surface area (Å²) in [5, 5.41) is 15.4. The van der Waals surface area contributed by atoms with Gasteiger partial charge in [0.1, 0.15) is 17.6 Å². The predicted octanol–water partition coefficient (Wildman–Crippen LogP) is 5.01. The van der Waals surface area contributed by atoms with E-state index < -0.39 is 44.6 Å². The Kier molecular flexibility index (Phi) is 8.15. The van der Waals surface area contributed by atoms with Gasteiger partial charge in [0.05, 0.1) is 5.75 Å². The number of ketones is 1. The molecule has 2 saturated carbocycles. The number of carbonyl (C=O) groups excluding carboxylic acids is 2. The minimum atomic E-state index is -4.06. The van der Waals surface area contributed by atoms with Crippen LogP contribution in [0.5, 0.6) is 0 Å². The van der Waals surface area contributed by atoms with Crippen LogP contribution in [0.2, 0.25) is 0 Å². The number of urea groups is 1. The van der Waals surface area contributed by atoms with Crippen LogP contribution in [0, 0.1) is 23.7 Å². The Bertz CT molecular complexity index is 1670. The molecule has 5 rings (SSSR count). The van der Waals surface area contributed by atoms with Crippen LogP contribution in [0.1, 0.15) is 44.2 Å². The first kappa shape index (κ1) is 30.4. The number of carbonyl (C=O) groups is 3. The molecule has 226 valence electrons. The molecule has 1 aromatic heterocycles. The first-order valence-electron chi connectivity index (χ1n) is 14.2. The Labute approximate surface area is 251 Å². The molecule has 1 heterocycles. The van der Waals surface area contributed by atoms with Crippen LogP contribution in [0.3, 0.4) is 0 Å². The van der Waals surface area contributed by atoms with Gasteiger partial charge in [-0.3, -0.25) is 14.9 Å². The Morgan fingerprint density at radius 1 is 1.05 bits per heavy atom. The zero-order valence-corrected chi connectivity index (χ0v) is 25.2. The highest BCUT2D eigenvalue weighted by Gasteiger charge is 2.65. The van der Waals surface area contributed by atoms with Crippen molar-refractivity contribution in [1.29, 1.82) is 0 Å². The van der Waals surface area contributed by atoms with Gasteiger partial charge in [-0.25, -0.2) is 22.9 Å². The van der Waals surface area contributed by atoms with Crippen molar-refractivity contribution in [2.75, 3.05) is 16.4 Å². The maximum absolute atomic E-state index is 13.2. The number of nitrogens with zero attached hydrogens (tertiary/aromatic N) is 1. The second kappa shape index (κ2) is 11.5. The van der Waals surface area contributed by atoms with Gasteiger partial charge in [0.15, 0.2) is 0 Å².